The maximum absolute atomic E-state index is 11.5. The van der Waals surface area contributed by atoms with Gasteiger partial charge in [-0.25, -0.2) is 0 Å². The molecule has 0 radical (unpaired) electrons. The van der Waals surface area contributed by atoms with Crippen molar-refractivity contribution in [2.24, 2.45) is 5.41 Å². The molecule has 1 atom stereocenters. The Morgan fingerprint density at radius 3 is 2.65 bits per heavy atom. The van der Waals surface area contributed by atoms with Gasteiger partial charge < -0.3 is 10.1 Å². The molecular weight excluding hydrogens is 234 g/mol. The summed E-state index contributed by atoms with van der Waals surface area (Å²) in [7, 11) is 1.43. The van der Waals surface area contributed by atoms with E-state index in [1.165, 1.54) is 16.9 Å². The highest BCUT2D eigenvalue weighted by atomic mass is 32.1. The van der Waals surface area contributed by atoms with Gasteiger partial charge in [0.25, 0.3) is 0 Å². The van der Waals surface area contributed by atoms with Crippen molar-refractivity contribution in [2.75, 3.05) is 13.7 Å². The van der Waals surface area contributed by atoms with E-state index in [1.54, 1.807) is 11.3 Å². The highest BCUT2D eigenvalue weighted by Gasteiger charge is 2.28. The monoisotopic (exact) mass is 255 g/mol. The van der Waals surface area contributed by atoms with E-state index in [-0.39, 0.29) is 12.0 Å². The second-order valence-corrected chi connectivity index (χ2v) is 6.25. The maximum Gasteiger partial charge on any atom is 0.312 e. The number of esters is 1. The van der Waals surface area contributed by atoms with Crippen molar-refractivity contribution in [1.29, 1.82) is 0 Å². The molecule has 0 aliphatic carbocycles. The van der Waals surface area contributed by atoms with Crippen molar-refractivity contribution in [3.05, 3.63) is 21.9 Å². The molecule has 0 fully saturated rings. The van der Waals surface area contributed by atoms with Crippen molar-refractivity contribution in [1.82, 2.24) is 5.32 Å². The molecular formula is C13H21NO2S. The van der Waals surface area contributed by atoms with Crippen LogP contribution < -0.4 is 5.32 Å². The number of hydrogen-bond acceptors (Lipinski definition) is 4. The first-order valence-corrected chi connectivity index (χ1v) is 6.56. The zero-order valence-corrected chi connectivity index (χ0v) is 12.0. The van der Waals surface area contributed by atoms with Gasteiger partial charge in [-0.15, -0.1) is 11.3 Å². The molecule has 0 aliphatic rings. The average molecular weight is 255 g/mol. The van der Waals surface area contributed by atoms with Gasteiger partial charge in [0.15, 0.2) is 0 Å². The van der Waals surface area contributed by atoms with Gasteiger partial charge in [0.2, 0.25) is 0 Å². The van der Waals surface area contributed by atoms with Gasteiger partial charge in [0.05, 0.1) is 12.5 Å². The summed E-state index contributed by atoms with van der Waals surface area (Å²) in [4.78, 5) is 14.1. The first kappa shape index (κ1) is 14.2. The topological polar surface area (TPSA) is 38.3 Å². The largest absolute Gasteiger partial charge is 0.469 e. The lowest BCUT2D eigenvalue weighted by Gasteiger charge is -2.24. The average Bonchev–Trinajstić information content (AvgIpc) is 2.71. The summed E-state index contributed by atoms with van der Waals surface area (Å²) in [5.41, 5.74) is -0.491. The molecule has 1 aromatic rings. The fourth-order valence-electron chi connectivity index (χ4n) is 1.54. The molecule has 17 heavy (non-hydrogen) atoms. The van der Waals surface area contributed by atoms with Crippen LogP contribution >= 0.6 is 11.3 Å². The number of aryl methyl sites for hydroxylation is 1. The van der Waals surface area contributed by atoms with Crippen molar-refractivity contribution in [2.45, 2.75) is 33.7 Å². The van der Waals surface area contributed by atoms with Crippen molar-refractivity contribution in [3.8, 4) is 0 Å². The SMILES string of the molecule is COC(=O)C(C)(C)CNC(C)c1ccc(C)s1. The van der Waals surface area contributed by atoms with E-state index < -0.39 is 5.41 Å². The third-order valence-electron chi connectivity index (χ3n) is 2.78. The zero-order chi connectivity index (χ0) is 13.1. The number of methoxy groups -OCH3 is 1. The molecule has 1 heterocycles. The number of ether oxygens (including phenoxy) is 1. The van der Waals surface area contributed by atoms with Crippen LogP contribution in [0.3, 0.4) is 0 Å². The maximum atomic E-state index is 11.5. The Bertz CT molecular complexity index is 385. The summed E-state index contributed by atoms with van der Waals surface area (Å²) in [6.45, 7) is 8.59. The minimum atomic E-state index is -0.491. The number of rotatable bonds is 5. The van der Waals surface area contributed by atoms with Crippen molar-refractivity contribution < 1.29 is 9.53 Å². The van der Waals surface area contributed by atoms with E-state index in [0.29, 0.717) is 6.54 Å². The Labute approximate surface area is 107 Å². The van der Waals surface area contributed by atoms with E-state index in [1.807, 2.05) is 13.8 Å². The molecule has 0 saturated heterocycles. The van der Waals surface area contributed by atoms with Gasteiger partial charge in [-0.3, -0.25) is 4.79 Å². The van der Waals surface area contributed by atoms with Gasteiger partial charge in [0, 0.05) is 22.3 Å². The number of carbonyl (C=O) groups is 1. The lowest BCUT2D eigenvalue weighted by atomic mass is 9.93. The molecule has 0 saturated carbocycles. The molecule has 1 rings (SSSR count). The first-order chi connectivity index (χ1) is 7.86. The number of thiophene rings is 1. The molecule has 0 spiro atoms. The van der Waals surface area contributed by atoms with Crippen molar-refractivity contribution in [3.63, 3.8) is 0 Å². The summed E-state index contributed by atoms with van der Waals surface area (Å²) in [5, 5.41) is 3.38. The van der Waals surface area contributed by atoms with Crippen LogP contribution in [0.2, 0.25) is 0 Å². The smallest absolute Gasteiger partial charge is 0.312 e. The summed E-state index contributed by atoms with van der Waals surface area (Å²) < 4.78 is 4.78. The first-order valence-electron chi connectivity index (χ1n) is 5.75. The van der Waals surface area contributed by atoms with Gasteiger partial charge in [-0.1, -0.05) is 0 Å². The van der Waals surface area contributed by atoms with E-state index in [0.717, 1.165) is 0 Å². The van der Waals surface area contributed by atoms with E-state index >= 15 is 0 Å². The zero-order valence-electron chi connectivity index (χ0n) is 11.2. The van der Waals surface area contributed by atoms with E-state index in [4.69, 9.17) is 4.74 Å². The molecule has 1 aromatic heterocycles. The summed E-state index contributed by atoms with van der Waals surface area (Å²) >= 11 is 1.78. The fraction of sp³-hybridized carbons (Fsp3) is 0.615. The van der Waals surface area contributed by atoms with Gasteiger partial charge >= 0.3 is 5.97 Å². The molecule has 4 heteroatoms. The number of nitrogens with one attached hydrogen (secondary N) is 1. The Kier molecular flexibility index (Phi) is 4.71. The van der Waals surface area contributed by atoms with Crippen LogP contribution in [-0.4, -0.2) is 19.6 Å². The highest BCUT2D eigenvalue weighted by Crippen LogP contribution is 2.24. The predicted octanol–water partition coefficient (Wildman–Crippen LogP) is 2.91. The fourth-order valence-corrected chi connectivity index (χ4v) is 2.45. The van der Waals surface area contributed by atoms with Crippen LogP contribution in [0.4, 0.5) is 0 Å². The van der Waals surface area contributed by atoms with Gasteiger partial charge in [-0.2, -0.15) is 0 Å². The second kappa shape index (κ2) is 5.65. The van der Waals surface area contributed by atoms with E-state index in [9.17, 15) is 4.79 Å². The molecule has 0 aromatic carbocycles. The standard InChI is InChI=1S/C13H21NO2S/c1-9-6-7-11(17-9)10(2)14-8-13(3,4)12(15)16-5/h6-7,10,14H,8H2,1-5H3. The summed E-state index contributed by atoms with van der Waals surface area (Å²) in [6, 6.07) is 4.50. The molecule has 3 nitrogen and oxygen atoms in total. The molecule has 0 aliphatic heterocycles. The predicted molar refractivity (Wildman–Crippen MR) is 71.3 cm³/mol. The van der Waals surface area contributed by atoms with Crippen LogP contribution in [0.5, 0.6) is 0 Å². The molecule has 0 amide bonds. The third kappa shape index (κ3) is 3.82. The minimum absolute atomic E-state index is 0.181. The van der Waals surface area contributed by atoms with Crippen molar-refractivity contribution >= 4 is 17.3 Å². The Morgan fingerprint density at radius 2 is 2.18 bits per heavy atom. The van der Waals surface area contributed by atoms with E-state index in [2.05, 4.69) is 31.3 Å². The van der Waals surface area contributed by atoms with Crippen LogP contribution in [0.1, 0.15) is 36.6 Å². The van der Waals surface area contributed by atoms with Crippen LogP contribution in [0.15, 0.2) is 12.1 Å². The molecule has 1 unspecified atom stereocenters. The highest BCUT2D eigenvalue weighted by molar-refractivity contribution is 7.12. The van der Waals surface area contributed by atoms with Crippen LogP contribution in [-0.2, 0) is 9.53 Å². The molecule has 1 N–H and O–H groups in total. The van der Waals surface area contributed by atoms with Crippen LogP contribution in [0.25, 0.3) is 0 Å². The minimum Gasteiger partial charge on any atom is -0.469 e. The Balaban J connectivity index is 2.53. The number of carbonyl (C=O) groups excluding carboxylic acids is 1. The normalized spacial score (nSPS) is 13.5. The Hall–Kier alpha value is -0.870. The quantitative estimate of drug-likeness (QED) is 0.822. The lowest BCUT2D eigenvalue weighted by molar-refractivity contribution is -0.150. The van der Waals surface area contributed by atoms with Gasteiger partial charge in [0.1, 0.15) is 0 Å². The lowest BCUT2D eigenvalue weighted by Crippen LogP contribution is -2.37. The van der Waals surface area contributed by atoms with Gasteiger partial charge in [-0.05, 0) is 39.8 Å². The summed E-state index contributed by atoms with van der Waals surface area (Å²) in [6.07, 6.45) is 0. The third-order valence-corrected chi connectivity index (χ3v) is 3.96. The number of hydrogen-bond donors (Lipinski definition) is 1. The molecule has 0 bridgehead atoms. The summed E-state index contributed by atoms with van der Waals surface area (Å²) in [5.74, 6) is -0.181. The van der Waals surface area contributed by atoms with Crippen LogP contribution in [0, 0.1) is 12.3 Å². The Morgan fingerprint density at radius 1 is 1.53 bits per heavy atom. The molecule has 96 valence electrons. The second-order valence-electron chi connectivity index (χ2n) is 4.93.